The van der Waals surface area contributed by atoms with Gasteiger partial charge in [0, 0.05) is 10.1 Å². The molecule has 1 fully saturated rings. The number of allylic oxidation sites excluding steroid dienone is 1. The average Bonchev–Trinajstić information content (AvgIpc) is 3.13. The molecule has 0 spiro atoms. The van der Waals surface area contributed by atoms with Crippen LogP contribution in [0.5, 0.6) is 5.75 Å². The predicted octanol–water partition coefficient (Wildman–Crippen LogP) is 6.82. The van der Waals surface area contributed by atoms with Crippen molar-refractivity contribution in [3.8, 4) is 5.75 Å². The molecule has 2 atom stereocenters. The third-order valence-corrected chi connectivity index (χ3v) is 7.62. The van der Waals surface area contributed by atoms with Crippen LogP contribution in [0.15, 0.2) is 64.2 Å². The number of hydrogen-bond acceptors (Lipinski definition) is 5. The smallest absolute Gasteiger partial charge is 0.315 e. The van der Waals surface area contributed by atoms with Gasteiger partial charge in [0.15, 0.2) is 0 Å². The van der Waals surface area contributed by atoms with E-state index in [1.54, 1.807) is 30.3 Å². The van der Waals surface area contributed by atoms with Gasteiger partial charge >= 0.3 is 5.97 Å². The number of fused-ring (bicyclic) bond motifs is 1. The molecule has 170 valence electrons. The summed E-state index contributed by atoms with van der Waals surface area (Å²) >= 11 is 19.1. The van der Waals surface area contributed by atoms with E-state index in [2.05, 4.69) is 10.5 Å². The Kier molecular flexibility index (Phi) is 6.82. The number of halogens is 3. The van der Waals surface area contributed by atoms with E-state index in [9.17, 15) is 9.59 Å². The number of carbonyl (C=O) groups is 2. The second kappa shape index (κ2) is 9.47. The van der Waals surface area contributed by atoms with Crippen molar-refractivity contribution in [3.63, 3.8) is 0 Å². The Balaban J connectivity index is 1.35. The van der Waals surface area contributed by atoms with E-state index in [0.29, 0.717) is 15.6 Å². The van der Waals surface area contributed by atoms with Gasteiger partial charge in [0.1, 0.15) is 15.1 Å². The number of nitrogens with one attached hydrogen (secondary N) is 1. The lowest BCUT2D eigenvalue weighted by molar-refractivity contribution is -0.136. The summed E-state index contributed by atoms with van der Waals surface area (Å²) in [7, 11) is 0. The largest absolute Gasteiger partial charge is 0.426 e. The van der Waals surface area contributed by atoms with Crippen molar-refractivity contribution < 1.29 is 14.3 Å². The van der Waals surface area contributed by atoms with E-state index >= 15 is 0 Å². The fourth-order valence-electron chi connectivity index (χ4n) is 3.75. The van der Waals surface area contributed by atoms with Crippen molar-refractivity contribution in [2.45, 2.75) is 13.8 Å². The minimum Gasteiger partial charge on any atom is -0.426 e. The first-order valence-electron chi connectivity index (χ1n) is 10.0. The van der Waals surface area contributed by atoms with Crippen molar-refractivity contribution in [3.05, 3.63) is 74.6 Å². The van der Waals surface area contributed by atoms with Gasteiger partial charge in [-0.05, 0) is 53.3 Å². The maximum absolute atomic E-state index is 12.5. The van der Waals surface area contributed by atoms with E-state index in [-0.39, 0.29) is 33.6 Å². The molecule has 2 unspecified atom stereocenters. The molecule has 1 aliphatic rings. The number of thiophene rings is 1. The number of hydrogen-bond donors (Lipinski definition) is 1. The summed E-state index contributed by atoms with van der Waals surface area (Å²) in [6.07, 6.45) is 3.17. The molecule has 2 aromatic carbocycles. The Morgan fingerprint density at radius 3 is 2.48 bits per heavy atom. The van der Waals surface area contributed by atoms with Crippen molar-refractivity contribution >= 4 is 74.3 Å². The van der Waals surface area contributed by atoms with Gasteiger partial charge < -0.3 is 4.74 Å². The lowest BCUT2D eigenvalue weighted by Gasteiger charge is -2.05. The fraction of sp³-hybridized carbons (Fsp3) is 0.208. The molecule has 1 saturated carbocycles. The molecule has 9 heteroatoms. The summed E-state index contributed by atoms with van der Waals surface area (Å²) in [6.45, 7) is 3.94. The second-order valence-electron chi connectivity index (χ2n) is 8.21. The zero-order valence-electron chi connectivity index (χ0n) is 17.6. The predicted molar refractivity (Wildman–Crippen MR) is 135 cm³/mol. The zero-order valence-corrected chi connectivity index (χ0v) is 20.7. The van der Waals surface area contributed by atoms with Crippen LogP contribution >= 0.6 is 46.1 Å². The highest BCUT2D eigenvalue weighted by molar-refractivity contribution is 7.21. The van der Waals surface area contributed by atoms with Crippen LogP contribution < -0.4 is 10.2 Å². The molecule has 0 saturated heterocycles. The standard InChI is InChI=1S/C24H19Cl3N2O3S/c1-24(2)16(11-18(25)26)19(24)23(31)32-14-9-7-13(8-10-14)12-28-29-22(30)21-20(27)15-5-3-4-6-17(15)33-21/h3-12,16,19H,1-2H3,(H,29,30). The molecule has 1 aliphatic carbocycles. The Labute approximate surface area is 210 Å². The molecule has 1 aromatic heterocycles. The van der Waals surface area contributed by atoms with Gasteiger partial charge in [0.2, 0.25) is 0 Å². The molecule has 0 radical (unpaired) electrons. The van der Waals surface area contributed by atoms with Crippen LogP contribution in [0.3, 0.4) is 0 Å². The van der Waals surface area contributed by atoms with E-state index in [1.165, 1.54) is 17.6 Å². The summed E-state index contributed by atoms with van der Waals surface area (Å²) in [5.74, 6) is -0.650. The van der Waals surface area contributed by atoms with Gasteiger partial charge in [-0.1, -0.05) is 66.8 Å². The summed E-state index contributed by atoms with van der Waals surface area (Å²) < 4.78 is 6.58. The monoisotopic (exact) mass is 520 g/mol. The summed E-state index contributed by atoms with van der Waals surface area (Å²) in [4.78, 5) is 25.4. The molecule has 1 heterocycles. The quantitative estimate of drug-likeness (QED) is 0.168. The number of amides is 1. The molecule has 4 rings (SSSR count). The topological polar surface area (TPSA) is 67.8 Å². The van der Waals surface area contributed by atoms with Crippen molar-refractivity contribution in [1.29, 1.82) is 0 Å². The van der Waals surface area contributed by atoms with Crippen LogP contribution in [0.4, 0.5) is 0 Å². The Bertz CT molecular complexity index is 1280. The first kappa shape index (κ1) is 23.8. The van der Waals surface area contributed by atoms with E-state index in [0.717, 1.165) is 15.6 Å². The number of ether oxygens (including phenoxy) is 1. The highest BCUT2D eigenvalue weighted by atomic mass is 35.5. The third-order valence-electron chi connectivity index (χ3n) is 5.69. The van der Waals surface area contributed by atoms with Crippen molar-refractivity contribution in [2.24, 2.45) is 22.4 Å². The lowest BCUT2D eigenvalue weighted by Crippen LogP contribution is -2.16. The highest BCUT2D eigenvalue weighted by Gasteiger charge is 2.61. The maximum Gasteiger partial charge on any atom is 0.315 e. The normalized spacial score (nSPS) is 18.8. The molecule has 33 heavy (non-hydrogen) atoms. The number of benzene rings is 2. The van der Waals surface area contributed by atoms with E-state index in [4.69, 9.17) is 39.5 Å². The van der Waals surface area contributed by atoms with Gasteiger partial charge in [0.05, 0.1) is 17.2 Å². The first-order valence-corrected chi connectivity index (χ1v) is 12.0. The third kappa shape index (κ3) is 5.09. The minimum absolute atomic E-state index is 0.0561. The lowest BCUT2D eigenvalue weighted by atomic mass is 10.1. The van der Waals surface area contributed by atoms with Crippen molar-refractivity contribution in [2.75, 3.05) is 0 Å². The molecular weight excluding hydrogens is 503 g/mol. The Morgan fingerprint density at radius 2 is 1.82 bits per heavy atom. The van der Waals surface area contributed by atoms with Gasteiger partial charge in [-0.3, -0.25) is 9.59 Å². The fourth-order valence-corrected chi connectivity index (χ4v) is 5.43. The highest BCUT2D eigenvalue weighted by Crippen LogP contribution is 2.60. The minimum atomic E-state index is -0.379. The van der Waals surface area contributed by atoms with Crippen LogP contribution in [0.2, 0.25) is 5.02 Å². The zero-order chi connectivity index (χ0) is 23.8. The first-order chi connectivity index (χ1) is 15.7. The molecular formula is C24H19Cl3N2O3S. The van der Waals surface area contributed by atoms with E-state index < -0.39 is 0 Å². The van der Waals surface area contributed by atoms with Crippen molar-refractivity contribution in [1.82, 2.24) is 5.43 Å². The number of rotatable bonds is 6. The van der Waals surface area contributed by atoms with Gasteiger partial charge in [-0.25, -0.2) is 5.43 Å². The van der Waals surface area contributed by atoms with Crippen LogP contribution in [-0.4, -0.2) is 18.1 Å². The maximum atomic E-state index is 12.5. The van der Waals surface area contributed by atoms with Gasteiger partial charge in [0.25, 0.3) is 5.91 Å². The summed E-state index contributed by atoms with van der Waals surface area (Å²) in [6, 6.07) is 14.3. The van der Waals surface area contributed by atoms with Crippen LogP contribution in [-0.2, 0) is 4.79 Å². The Morgan fingerprint density at radius 1 is 1.12 bits per heavy atom. The molecule has 0 bridgehead atoms. The number of hydrazone groups is 1. The number of carbonyl (C=O) groups excluding carboxylic acids is 2. The summed E-state index contributed by atoms with van der Waals surface area (Å²) in [5, 5.41) is 5.25. The molecule has 3 aromatic rings. The van der Waals surface area contributed by atoms with Crippen LogP contribution in [0, 0.1) is 17.3 Å². The molecule has 0 aliphatic heterocycles. The molecule has 5 nitrogen and oxygen atoms in total. The van der Waals surface area contributed by atoms with Gasteiger partial charge in [-0.15, -0.1) is 11.3 Å². The van der Waals surface area contributed by atoms with Crippen LogP contribution in [0.1, 0.15) is 29.1 Å². The SMILES string of the molecule is CC1(C)C(C=C(Cl)Cl)C1C(=O)Oc1ccc(C=NNC(=O)c2sc3ccccc3c2Cl)cc1. The molecule has 1 amide bonds. The number of nitrogens with zero attached hydrogens (tertiary/aromatic N) is 1. The van der Waals surface area contributed by atoms with Gasteiger partial charge in [-0.2, -0.15) is 5.10 Å². The molecule has 1 N–H and O–H groups in total. The Hall–Kier alpha value is -2.38. The summed E-state index contributed by atoms with van der Waals surface area (Å²) in [5.41, 5.74) is 2.96. The van der Waals surface area contributed by atoms with E-state index in [1.807, 2.05) is 38.1 Å². The van der Waals surface area contributed by atoms with Crippen LogP contribution in [0.25, 0.3) is 10.1 Å². The second-order valence-corrected chi connectivity index (χ2v) is 10.6. The average molecular weight is 522 g/mol. The number of esters is 1.